The van der Waals surface area contributed by atoms with Gasteiger partial charge in [-0.25, -0.2) is 4.79 Å². The first-order valence-corrected chi connectivity index (χ1v) is 7.91. The average molecular weight is 300 g/mol. The molecule has 2 heteroatoms. The largest absolute Gasteiger partial charge is 0.478 e. The number of hydrogen-bond acceptors (Lipinski definition) is 1. The van der Waals surface area contributed by atoms with Crippen LogP contribution < -0.4 is 0 Å². The standard InChI is InChI=1S/C20H28O2/c1-2-3-4-5-6-7-8-9-10-11-12-13-14-15-16-17-18-19-20(21)22/h3-4,6-7,9-10,12-13,15-16,18-19H,2,5,8,11,14,17H2,1H3,(H,21,22)/b4-3-,7-6+,10-9+,13-12+,16-15+,19-18+. The molecule has 0 saturated carbocycles. The van der Waals surface area contributed by atoms with Gasteiger partial charge in [0.05, 0.1) is 0 Å². The van der Waals surface area contributed by atoms with Gasteiger partial charge in [-0.15, -0.1) is 0 Å². The van der Waals surface area contributed by atoms with Crippen molar-refractivity contribution in [3.8, 4) is 0 Å². The van der Waals surface area contributed by atoms with Gasteiger partial charge in [0.1, 0.15) is 0 Å². The van der Waals surface area contributed by atoms with Gasteiger partial charge in [-0.2, -0.15) is 0 Å². The second-order valence-corrected chi connectivity index (χ2v) is 4.68. The van der Waals surface area contributed by atoms with Crippen molar-refractivity contribution < 1.29 is 9.90 Å². The van der Waals surface area contributed by atoms with Crippen LogP contribution >= 0.6 is 0 Å². The highest BCUT2D eigenvalue weighted by atomic mass is 16.4. The molecule has 0 spiro atoms. The summed E-state index contributed by atoms with van der Waals surface area (Å²) in [6, 6.07) is 0. The molecular formula is C20H28O2. The topological polar surface area (TPSA) is 37.3 Å². The smallest absolute Gasteiger partial charge is 0.327 e. The van der Waals surface area contributed by atoms with Crippen LogP contribution in [0.25, 0.3) is 0 Å². The second-order valence-electron chi connectivity index (χ2n) is 4.68. The van der Waals surface area contributed by atoms with Crippen molar-refractivity contribution in [2.45, 2.75) is 45.4 Å². The maximum absolute atomic E-state index is 10.2. The van der Waals surface area contributed by atoms with Crippen LogP contribution in [-0.2, 0) is 4.79 Å². The molecule has 0 atom stereocenters. The summed E-state index contributed by atoms with van der Waals surface area (Å²) >= 11 is 0. The Bertz CT molecular complexity index is 435. The molecule has 0 aliphatic rings. The Morgan fingerprint density at radius 3 is 1.27 bits per heavy atom. The van der Waals surface area contributed by atoms with E-state index >= 15 is 0 Å². The predicted molar refractivity (Wildman–Crippen MR) is 95.9 cm³/mol. The Labute approximate surface area is 134 Å². The van der Waals surface area contributed by atoms with Crippen LogP contribution in [0.3, 0.4) is 0 Å². The van der Waals surface area contributed by atoms with E-state index in [0.29, 0.717) is 6.42 Å². The first-order chi connectivity index (χ1) is 10.8. The molecule has 0 fully saturated rings. The molecule has 0 amide bonds. The van der Waals surface area contributed by atoms with E-state index in [1.165, 1.54) is 6.08 Å². The molecule has 0 aromatic rings. The zero-order chi connectivity index (χ0) is 16.3. The Morgan fingerprint density at radius 1 is 0.636 bits per heavy atom. The minimum Gasteiger partial charge on any atom is -0.478 e. The molecule has 1 N–H and O–H groups in total. The number of carboxylic acids is 1. The third-order valence-corrected chi connectivity index (χ3v) is 2.69. The molecule has 0 aromatic heterocycles. The van der Waals surface area contributed by atoms with Crippen LogP contribution in [0.2, 0.25) is 0 Å². The lowest BCUT2D eigenvalue weighted by atomic mass is 10.2. The molecule has 120 valence electrons. The quantitative estimate of drug-likeness (QED) is 0.367. The van der Waals surface area contributed by atoms with E-state index in [9.17, 15) is 4.79 Å². The summed E-state index contributed by atoms with van der Waals surface area (Å²) in [4.78, 5) is 10.2. The molecule has 0 aromatic carbocycles. The number of carbonyl (C=O) groups is 1. The number of carboxylic acid groups (broad SMARTS) is 1. The van der Waals surface area contributed by atoms with Gasteiger partial charge in [0.2, 0.25) is 0 Å². The maximum Gasteiger partial charge on any atom is 0.327 e. The van der Waals surface area contributed by atoms with Crippen LogP contribution in [0.1, 0.15) is 45.4 Å². The second kappa shape index (κ2) is 17.0. The zero-order valence-corrected chi connectivity index (χ0v) is 13.5. The van der Waals surface area contributed by atoms with Crippen molar-refractivity contribution in [1.29, 1.82) is 0 Å². The fourth-order valence-corrected chi connectivity index (χ4v) is 1.59. The van der Waals surface area contributed by atoms with Crippen LogP contribution in [-0.4, -0.2) is 11.1 Å². The van der Waals surface area contributed by atoms with E-state index in [0.717, 1.165) is 32.1 Å². The van der Waals surface area contributed by atoms with Crippen LogP contribution in [0, 0.1) is 0 Å². The minimum atomic E-state index is -0.896. The normalized spacial score (nSPS) is 13.1. The van der Waals surface area contributed by atoms with E-state index in [4.69, 9.17) is 5.11 Å². The van der Waals surface area contributed by atoms with E-state index in [2.05, 4.69) is 55.5 Å². The average Bonchev–Trinajstić information content (AvgIpc) is 2.50. The summed E-state index contributed by atoms with van der Waals surface area (Å²) in [6.07, 6.45) is 29.8. The lowest BCUT2D eigenvalue weighted by molar-refractivity contribution is -0.131. The highest BCUT2D eigenvalue weighted by Gasteiger charge is 1.81. The molecule has 0 rings (SSSR count). The third kappa shape index (κ3) is 17.9. The van der Waals surface area contributed by atoms with E-state index in [1.807, 2.05) is 12.2 Å². The van der Waals surface area contributed by atoms with Crippen molar-refractivity contribution in [3.05, 3.63) is 72.9 Å². The lowest BCUT2D eigenvalue weighted by Crippen LogP contribution is -1.84. The Hall–Kier alpha value is -2.09. The lowest BCUT2D eigenvalue weighted by Gasteiger charge is -1.85. The molecule has 22 heavy (non-hydrogen) atoms. The number of rotatable bonds is 12. The van der Waals surface area contributed by atoms with Gasteiger partial charge in [-0.1, -0.05) is 73.8 Å². The Morgan fingerprint density at radius 2 is 0.955 bits per heavy atom. The van der Waals surface area contributed by atoms with Crippen LogP contribution in [0.4, 0.5) is 0 Å². The summed E-state index contributed by atoms with van der Waals surface area (Å²) in [5, 5.41) is 8.40. The van der Waals surface area contributed by atoms with Gasteiger partial charge in [-0.05, 0) is 38.5 Å². The van der Waals surface area contributed by atoms with E-state index < -0.39 is 5.97 Å². The first kappa shape index (κ1) is 19.9. The summed E-state index contributed by atoms with van der Waals surface area (Å²) < 4.78 is 0. The third-order valence-electron chi connectivity index (χ3n) is 2.69. The van der Waals surface area contributed by atoms with E-state index in [-0.39, 0.29) is 0 Å². The van der Waals surface area contributed by atoms with Crippen LogP contribution in [0.5, 0.6) is 0 Å². The molecule has 0 saturated heterocycles. The highest BCUT2D eigenvalue weighted by Crippen LogP contribution is 1.96. The molecule has 0 heterocycles. The van der Waals surface area contributed by atoms with Gasteiger partial charge < -0.3 is 5.11 Å². The summed E-state index contributed by atoms with van der Waals surface area (Å²) in [7, 11) is 0. The molecular weight excluding hydrogens is 272 g/mol. The molecule has 0 bridgehead atoms. The van der Waals surface area contributed by atoms with E-state index in [1.54, 1.807) is 6.08 Å². The van der Waals surface area contributed by atoms with Crippen LogP contribution in [0.15, 0.2) is 72.9 Å². The Balaban J connectivity index is 3.53. The summed E-state index contributed by atoms with van der Waals surface area (Å²) in [5.74, 6) is -0.896. The fourth-order valence-electron chi connectivity index (χ4n) is 1.59. The summed E-state index contributed by atoms with van der Waals surface area (Å²) in [5.41, 5.74) is 0. The molecule has 0 aliphatic heterocycles. The molecule has 0 aliphatic carbocycles. The maximum atomic E-state index is 10.2. The fraction of sp³-hybridized carbons (Fsp3) is 0.350. The number of aliphatic carboxylic acids is 1. The predicted octanol–water partition coefficient (Wildman–Crippen LogP) is 5.77. The molecule has 0 unspecified atom stereocenters. The summed E-state index contributed by atoms with van der Waals surface area (Å²) in [6.45, 7) is 2.14. The number of allylic oxidation sites excluding steroid dienone is 11. The number of hydrogen-bond donors (Lipinski definition) is 1. The van der Waals surface area contributed by atoms with Gasteiger partial charge in [0.25, 0.3) is 0 Å². The van der Waals surface area contributed by atoms with Crippen molar-refractivity contribution in [2.75, 3.05) is 0 Å². The van der Waals surface area contributed by atoms with Gasteiger partial charge in [0, 0.05) is 6.08 Å². The van der Waals surface area contributed by atoms with Crippen molar-refractivity contribution in [2.24, 2.45) is 0 Å². The minimum absolute atomic E-state index is 0.666. The van der Waals surface area contributed by atoms with Gasteiger partial charge in [-0.3, -0.25) is 0 Å². The zero-order valence-electron chi connectivity index (χ0n) is 13.5. The van der Waals surface area contributed by atoms with Crippen molar-refractivity contribution in [1.82, 2.24) is 0 Å². The molecule has 0 radical (unpaired) electrons. The van der Waals surface area contributed by atoms with Gasteiger partial charge >= 0.3 is 5.97 Å². The first-order valence-electron chi connectivity index (χ1n) is 7.91. The molecule has 2 nitrogen and oxygen atoms in total. The van der Waals surface area contributed by atoms with Crippen molar-refractivity contribution in [3.63, 3.8) is 0 Å². The monoisotopic (exact) mass is 300 g/mol. The Kier molecular flexibility index (Phi) is 15.4. The van der Waals surface area contributed by atoms with Crippen molar-refractivity contribution >= 4 is 5.97 Å². The van der Waals surface area contributed by atoms with Gasteiger partial charge in [0.15, 0.2) is 0 Å². The highest BCUT2D eigenvalue weighted by molar-refractivity contribution is 5.79. The SMILES string of the molecule is CC/C=C\C/C=C/C/C=C/C/C=C/C/C=C/C/C=C/C(=O)O.